The normalized spacial score (nSPS) is 30.0. The molecule has 0 unspecified atom stereocenters. The molecule has 5 aromatic rings. The minimum absolute atomic E-state index is 0.116. The second kappa shape index (κ2) is 18.0. The highest BCUT2D eigenvalue weighted by molar-refractivity contribution is 8.17. The lowest BCUT2D eigenvalue weighted by Crippen LogP contribution is -2.58. The summed E-state index contributed by atoms with van der Waals surface area (Å²) in [6.07, 6.45) is 12.2. The molecule has 360 valence electrons. The van der Waals surface area contributed by atoms with Crippen molar-refractivity contribution in [2.75, 3.05) is 20.3 Å². The van der Waals surface area contributed by atoms with Crippen molar-refractivity contribution in [1.29, 1.82) is 0 Å². The maximum absolute atomic E-state index is 13.2. The molecule has 0 aromatic heterocycles. The van der Waals surface area contributed by atoms with E-state index in [2.05, 4.69) is 74.5 Å². The molecule has 10 heteroatoms. The van der Waals surface area contributed by atoms with Gasteiger partial charge in [0, 0.05) is 14.7 Å². The Morgan fingerprint density at radius 2 is 0.884 bits per heavy atom. The van der Waals surface area contributed by atoms with Crippen molar-refractivity contribution >= 4 is 22.8 Å². The van der Waals surface area contributed by atoms with Gasteiger partial charge in [0.25, 0.3) is 0 Å². The summed E-state index contributed by atoms with van der Waals surface area (Å²) in [5.41, 5.74) is 3.60. The largest absolute Gasteiger partial charge is 0.490 e. The molecule has 0 radical (unpaired) electrons. The van der Waals surface area contributed by atoms with Crippen molar-refractivity contribution in [1.82, 2.24) is 0 Å². The molecule has 9 aliphatic rings. The second-order valence-electron chi connectivity index (χ2n) is 21.7. The molecule has 0 saturated heterocycles. The molecule has 9 nitrogen and oxygen atoms in total. The van der Waals surface area contributed by atoms with Gasteiger partial charge in [-0.25, -0.2) is 9.59 Å². The van der Waals surface area contributed by atoms with Crippen LogP contribution < -0.4 is 23.7 Å². The summed E-state index contributed by atoms with van der Waals surface area (Å²) in [5.74, 6) is 7.38. The predicted octanol–water partition coefficient (Wildman–Crippen LogP) is 12.6. The summed E-state index contributed by atoms with van der Waals surface area (Å²) < 4.78 is 43.8. The van der Waals surface area contributed by atoms with E-state index in [1.165, 1.54) is 85.1 Å². The van der Waals surface area contributed by atoms with Crippen LogP contribution in [0.25, 0.3) is 11.1 Å². The highest BCUT2D eigenvalue weighted by Crippen LogP contribution is 2.64. The van der Waals surface area contributed by atoms with E-state index in [1.54, 1.807) is 7.11 Å². The zero-order valence-corrected chi connectivity index (χ0v) is 40.9. The minimum atomic E-state index is -0.929. The Balaban J connectivity index is 0.719. The number of ether oxygens (including phenoxy) is 7. The third-order valence-corrected chi connectivity index (χ3v) is 20.1. The molecule has 8 bridgehead atoms. The lowest BCUT2D eigenvalue weighted by molar-refractivity contribution is -0.205. The van der Waals surface area contributed by atoms with Crippen LogP contribution in [0.3, 0.4) is 0 Å². The Morgan fingerprint density at radius 3 is 1.26 bits per heavy atom. The molecule has 1 aliphatic heterocycles. The van der Waals surface area contributed by atoms with Crippen LogP contribution in [-0.2, 0) is 32.3 Å². The first-order valence-electron chi connectivity index (χ1n) is 25.4. The van der Waals surface area contributed by atoms with Gasteiger partial charge in [-0.2, -0.15) is 10.9 Å². The maximum atomic E-state index is 13.2. The van der Waals surface area contributed by atoms with Crippen LogP contribution in [0.4, 0.5) is 0 Å². The first kappa shape index (κ1) is 44.6. The third-order valence-electron chi connectivity index (χ3n) is 17.6. The molecule has 0 amide bonds. The zero-order chi connectivity index (χ0) is 46.9. The second-order valence-corrected chi connectivity index (χ2v) is 23.9. The molecule has 69 heavy (non-hydrogen) atoms. The first-order valence-corrected chi connectivity index (χ1v) is 26.8. The molecule has 1 heterocycles. The first-order chi connectivity index (χ1) is 33.6. The van der Waals surface area contributed by atoms with Gasteiger partial charge in [-0.3, -0.25) is 0 Å². The van der Waals surface area contributed by atoms with E-state index in [-0.39, 0.29) is 49.6 Å². The predicted molar refractivity (Wildman–Crippen MR) is 264 cm³/mol. The van der Waals surface area contributed by atoms with Crippen molar-refractivity contribution < 1.29 is 42.7 Å². The summed E-state index contributed by atoms with van der Waals surface area (Å²) >= 11 is 0. The zero-order valence-electron chi connectivity index (χ0n) is 40.0. The SMILES string of the molecule is COc1c(OCc2ccc(OCC(=O)OC3(C)C4CC5CC(C4)CC3C5)cc2)cc([SH]2c3ccccc3-c3ccccc32)cc1OCc1ccc(OCC(=O)OC2(C)C3CC4CC(C3)CC2C4)cc1. The van der Waals surface area contributed by atoms with Gasteiger partial charge in [-0.1, -0.05) is 60.7 Å². The number of fused-ring (bicyclic) bond motifs is 3. The number of methoxy groups -OCH3 is 1. The van der Waals surface area contributed by atoms with E-state index in [1.807, 2.05) is 48.5 Å². The standard InChI is InChI=1S/C59H64O9S/c1-58(42-22-38-20-39(24-42)25-43(58)23-38)67-55(60)34-63-46-16-12-36(13-17-46)32-65-51-30-48(69-53-10-6-4-8-49(53)50-9-5-7-11-54(50)69)31-52(57(51)62-3)66-33-37-14-18-47(19-15-37)64-35-56(61)68-59(2)44-26-40-21-41(28-44)29-45(59)27-40/h4-19,30-31,38-45,69H,20-29,32-35H2,1-3H3. The molecule has 14 rings (SSSR count). The monoisotopic (exact) mass is 948 g/mol. The number of benzene rings is 5. The average Bonchev–Trinajstić information content (AvgIpc) is 3.69. The fraction of sp³-hybridized carbons (Fsp3) is 0.458. The van der Waals surface area contributed by atoms with E-state index >= 15 is 0 Å². The molecule has 8 aliphatic carbocycles. The van der Waals surface area contributed by atoms with Crippen LogP contribution in [-0.4, -0.2) is 43.5 Å². The summed E-state index contributed by atoms with van der Waals surface area (Å²) in [7, 11) is 0.711. The summed E-state index contributed by atoms with van der Waals surface area (Å²) in [4.78, 5) is 30.0. The topological polar surface area (TPSA) is 98.8 Å². The van der Waals surface area contributed by atoms with E-state index in [4.69, 9.17) is 33.2 Å². The van der Waals surface area contributed by atoms with Crippen LogP contribution in [0.15, 0.2) is 124 Å². The van der Waals surface area contributed by atoms with Crippen molar-refractivity contribution in [2.45, 2.75) is 117 Å². The van der Waals surface area contributed by atoms with Crippen LogP contribution in [0.5, 0.6) is 28.7 Å². The number of thiol groups is 1. The third kappa shape index (κ3) is 8.42. The number of carbonyl (C=O) groups excluding carboxylic acids is 2. The maximum Gasteiger partial charge on any atom is 0.344 e. The minimum Gasteiger partial charge on any atom is -0.490 e. The van der Waals surface area contributed by atoms with Crippen molar-refractivity contribution in [3.63, 3.8) is 0 Å². The number of hydrogen-bond donors (Lipinski definition) is 1. The highest BCUT2D eigenvalue weighted by atomic mass is 32.2. The van der Waals surface area contributed by atoms with Gasteiger partial charge in [0.05, 0.1) is 7.11 Å². The lowest BCUT2D eigenvalue weighted by atomic mass is 9.50. The fourth-order valence-corrected chi connectivity index (χ4v) is 17.1. The van der Waals surface area contributed by atoms with Crippen LogP contribution in [0, 0.1) is 47.3 Å². The lowest BCUT2D eigenvalue weighted by Gasteiger charge is -2.59. The van der Waals surface area contributed by atoms with Gasteiger partial charge in [0.2, 0.25) is 5.75 Å². The van der Waals surface area contributed by atoms with Gasteiger partial charge in [-0.15, -0.1) is 0 Å². The van der Waals surface area contributed by atoms with Crippen LogP contribution >= 0.6 is 10.9 Å². The van der Waals surface area contributed by atoms with Crippen molar-refractivity contribution in [3.8, 4) is 39.9 Å². The van der Waals surface area contributed by atoms with Gasteiger partial charge < -0.3 is 33.2 Å². The number of carbonyl (C=O) groups is 2. The Kier molecular flexibility index (Phi) is 11.6. The number of hydrogen-bond acceptors (Lipinski definition) is 9. The van der Waals surface area contributed by atoms with Crippen molar-refractivity contribution in [2.24, 2.45) is 47.3 Å². The Hall–Kier alpha value is -5.61. The van der Waals surface area contributed by atoms with Gasteiger partial charge in [-0.05, 0) is 196 Å². The summed E-state index contributed by atoms with van der Waals surface area (Å²) in [6, 6.07) is 36.8. The van der Waals surface area contributed by atoms with E-state index in [0.717, 1.165) is 39.7 Å². The van der Waals surface area contributed by atoms with E-state index in [0.29, 0.717) is 52.4 Å². The summed E-state index contributed by atoms with van der Waals surface area (Å²) in [5, 5.41) is 0. The van der Waals surface area contributed by atoms with E-state index in [9.17, 15) is 9.59 Å². The van der Waals surface area contributed by atoms with Crippen LogP contribution in [0.1, 0.15) is 89.2 Å². The molecule has 8 fully saturated rings. The Bertz CT molecular complexity index is 2490. The average molecular weight is 949 g/mol. The van der Waals surface area contributed by atoms with Gasteiger partial charge >= 0.3 is 11.9 Å². The molecule has 0 spiro atoms. The molecule has 0 N–H and O–H groups in total. The molecule has 8 saturated carbocycles. The molecular weight excluding hydrogens is 885 g/mol. The van der Waals surface area contributed by atoms with Crippen LogP contribution in [0.2, 0.25) is 0 Å². The van der Waals surface area contributed by atoms with Gasteiger partial charge in [0.15, 0.2) is 24.7 Å². The fourth-order valence-electron chi connectivity index (χ4n) is 14.4. The Labute approximate surface area is 408 Å². The smallest absolute Gasteiger partial charge is 0.344 e. The quantitative estimate of drug-likeness (QED) is 0.0751. The number of esters is 2. The number of rotatable bonds is 16. The van der Waals surface area contributed by atoms with Gasteiger partial charge in [0.1, 0.15) is 35.9 Å². The molecule has 5 aromatic carbocycles. The van der Waals surface area contributed by atoms with Crippen molar-refractivity contribution in [3.05, 3.63) is 120 Å². The molecular formula is C59H64O9S. The van der Waals surface area contributed by atoms with E-state index < -0.39 is 10.9 Å². The Morgan fingerprint density at radius 1 is 0.507 bits per heavy atom. The highest BCUT2D eigenvalue weighted by Gasteiger charge is 2.58. The molecule has 0 atom stereocenters. The summed E-state index contributed by atoms with van der Waals surface area (Å²) in [6.45, 7) is 4.64.